The average Bonchev–Trinajstić information content (AvgIpc) is 2.94. The molecule has 0 unspecified atom stereocenters. The molecule has 0 bridgehead atoms. The number of ether oxygens (including phenoxy) is 1. The van der Waals surface area contributed by atoms with Gasteiger partial charge in [-0.1, -0.05) is 55.8 Å². The van der Waals surface area contributed by atoms with Crippen LogP contribution in [0.3, 0.4) is 0 Å². The number of aromatic nitrogens is 3. The maximum Gasteiger partial charge on any atom is 0.247 e. The molecular formula is C23H21ClF2N4O2S. The van der Waals surface area contributed by atoms with E-state index in [1.54, 1.807) is 25.1 Å². The molecule has 0 N–H and O–H groups in total. The molecule has 4 rings (SSSR count). The fourth-order valence-corrected chi connectivity index (χ4v) is 4.49. The van der Waals surface area contributed by atoms with Crippen LogP contribution in [0.4, 0.5) is 14.5 Å². The Morgan fingerprint density at radius 1 is 1.21 bits per heavy atom. The van der Waals surface area contributed by atoms with Gasteiger partial charge in [0.2, 0.25) is 23.2 Å². The molecule has 0 saturated carbocycles. The number of hydrogen-bond acceptors (Lipinski definition) is 6. The minimum absolute atomic E-state index is 0.0626. The Morgan fingerprint density at radius 3 is 2.79 bits per heavy atom. The van der Waals surface area contributed by atoms with Crippen molar-refractivity contribution in [2.75, 3.05) is 10.7 Å². The fraction of sp³-hybridized carbons (Fsp3) is 0.304. The Kier molecular flexibility index (Phi) is 7.09. The molecule has 2 heterocycles. The Balaban J connectivity index is 1.93. The van der Waals surface area contributed by atoms with Crippen LogP contribution in [0, 0.1) is 11.6 Å². The molecule has 10 heteroatoms. The van der Waals surface area contributed by atoms with Crippen molar-refractivity contribution in [2.45, 2.75) is 44.5 Å². The topological polar surface area (TPSA) is 68.2 Å². The SMILES string of the molecule is CCCCSc1nnc2c(n1)O[C@H](c1cccc(F)c1F)N(C(=O)CC)c1ccc(Cl)cc1-2. The van der Waals surface area contributed by atoms with E-state index in [0.717, 1.165) is 24.7 Å². The maximum absolute atomic E-state index is 14.9. The summed E-state index contributed by atoms with van der Waals surface area (Å²) in [5, 5.41) is 9.29. The smallest absolute Gasteiger partial charge is 0.247 e. The van der Waals surface area contributed by atoms with Gasteiger partial charge in [0.1, 0.15) is 0 Å². The van der Waals surface area contributed by atoms with E-state index in [1.165, 1.54) is 28.8 Å². The molecule has 2 aromatic carbocycles. The standard InChI is InChI=1S/C23H21ClF2N4O2S/c1-3-5-11-33-23-27-21-20(28-29-23)15-12-13(24)9-10-17(15)30(18(31)4-2)22(32-21)14-7-6-8-16(25)19(14)26/h6-10,12,22H,3-5,11H2,1-2H3/t22-/m1/s1. The summed E-state index contributed by atoms with van der Waals surface area (Å²) in [7, 11) is 0. The largest absolute Gasteiger partial charge is 0.447 e. The predicted molar refractivity (Wildman–Crippen MR) is 123 cm³/mol. The van der Waals surface area contributed by atoms with Gasteiger partial charge in [-0.05, 0) is 30.7 Å². The lowest BCUT2D eigenvalue weighted by molar-refractivity contribution is -0.120. The molecule has 1 aromatic heterocycles. The fourth-order valence-electron chi connectivity index (χ4n) is 3.46. The highest BCUT2D eigenvalue weighted by molar-refractivity contribution is 7.99. The second-order valence-electron chi connectivity index (χ2n) is 7.34. The Hall–Kier alpha value is -2.78. The first-order valence-corrected chi connectivity index (χ1v) is 11.9. The van der Waals surface area contributed by atoms with Crippen molar-refractivity contribution in [3.8, 4) is 17.1 Å². The number of benzene rings is 2. The molecule has 33 heavy (non-hydrogen) atoms. The number of thioether (sulfide) groups is 1. The van der Waals surface area contributed by atoms with Crippen LogP contribution in [0.15, 0.2) is 41.6 Å². The molecule has 3 aromatic rings. The van der Waals surface area contributed by atoms with E-state index < -0.39 is 17.9 Å². The van der Waals surface area contributed by atoms with Crippen molar-refractivity contribution >= 4 is 35.0 Å². The zero-order chi connectivity index (χ0) is 23.5. The van der Waals surface area contributed by atoms with Crippen molar-refractivity contribution < 1.29 is 18.3 Å². The molecule has 172 valence electrons. The highest BCUT2D eigenvalue weighted by Gasteiger charge is 2.37. The van der Waals surface area contributed by atoms with E-state index in [2.05, 4.69) is 22.1 Å². The number of rotatable bonds is 6. The summed E-state index contributed by atoms with van der Waals surface area (Å²) in [5.74, 6) is -1.65. The summed E-state index contributed by atoms with van der Waals surface area (Å²) >= 11 is 7.66. The molecular weight excluding hydrogens is 470 g/mol. The van der Waals surface area contributed by atoms with E-state index in [1.807, 2.05) is 0 Å². The van der Waals surface area contributed by atoms with Gasteiger partial charge < -0.3 is 4.74 Å². The summed E-state index contributed by atoms with van der Waals surface area (Å²) in [6.45, 7) is 3.76. The van der Waals surface area contributed by atoms with Gasteiger partial charge in [-0.25, -0.2) is 8.78 Å². The maximum atomic E-state index is 14.9. The molecule has 0 spiro atoms. The number of carbonyl (C=O) groups excluding carboxylic acids is 1. The molecule has 0 saturated heterocycles. The number of carbonyl (C=O) groups is 1. The number of hydrogen-bond donors (Lipinski definition) is 0. The highest BCUT2D eigenvalue weighted by atomic mass is 35.5. The van der Waals surface area contributed by atoms with Gasteiger partial charge >= 0.3 is 0 Å². The van der Waals surface area contributed by atoms with Gasteiger partial charge in [-0.3, -0.25) is 9.69 Å². The number of halogens is 3. The predicted octanol–water partition coefficient (Wildman–Crippen LogP) is 6.20. The van der Waals surface area contributed by atoms with Gasteiger partial charge in [-0.2, -0.15) is 4.98 Å². The normalized spacial score (nSPS) is 14.8. The van der Waals surface area contributed by atoms with Crippen LogP contribution in [0.25, 0.3) is 11.3 Å². The molecule has 0 aliphatic carbocycles. The number of amides is 1. The first kappa shape index (κ1) is 23.4. The Bertz CT molecular complexity index is 1200. The summed E-state index contributed by atoms with van der Waals surface area (Å²) in [4.78, 5) is 18.9. The Morgan fingerprint density at radius 2 is 2.03 bits per heavy atom. The van der Waals surface area contributed by atoms with Crippen LogP contribution in [-0.2, 0) is 4.79 Å². The summed E-state index contributed by atoms with van der Waals surface area (Å²) in [6.07, 6.45) is 0.787. The summed E-state index contributed by atoms with van der Waals surface area (Å²) < 4.78 is 35.1. The zero-order valence-corrected chi connectivity index (χ0v) is 19.6. The van der Waals surface area contributed by atoms with Crippen molar-refractivity contribution in [3.63, 3.8) is 0 Å². The van der Waals surface area contributed by atoms with Crippen LogP contribution >= 0.6 is 23.4 Å². The monoisotopic (exact) mass is 490 g/mol. The lowest BCUT2D eigenvalue weighted by Crippen LogP contribution is -2.37. The van der Waals surface area contributed by atoms with E-state index in [9.17, 15) is 13.6 Å². The molecule has 1 aliphatic rings. The van der Waals surface area contributed by atoms with Gasteiger partial charge in [0, 0.05) is 22.8 Å². The third-order valence-corrected chi connectivity index (χ3v) is 6.27. The van der Waals surface area contributed by atoms with Crippen LogP contribution in [0.2, 0.25) is 5.02 Å². The van der Waals surface area contributed by atoms with E-state index >= 15 is 0 Å². The second-order valence-corrected chi connectivity index (χ2v) is 8.84. The zero-order valence-electron chi connectivity index (χ0n) is 18.0. The average molecular weight is 491 g/mol. The molecule has 0 fully saturated rings. The van der Waals surface area contributed by atoms with Gasteiger partial charge in [0.05, 0.1) is 11.3 Å². The van der Waals surface area contributed by atoms with E-state index in [4.69, 9.17) is 16.3 Å². The van der Waals surface area contributed by atoms with Crippen molar-refractivity contribution in [1.82, 2.24) is 15.2 Å². The minimum Gasteiger partial charge on any atom is -0.447 e. The van der Waals surface area contributed by atoms with Crippen LogP contribution in [0.5, 0.6) is 5.88 Å². The molecule has 1 atom stereocenters. The van der Waals surface area contributed by atoms with Crippen LogP contribution in [0.1, 0.15) is 44.9 Å². The van der Waals surface area contributed by atoms with Crippen LogP contribution in [-0.4, -0.2) is 26.8 Å². The van der Waals surface area contributed by atoms with Gasteiger partial charge in [0.15, 0.2) is 17.3 Å². The first-order valence-electron chi connectivity index (χ1n) is 10.5. The highest BCUT2D eigenvalue weighted by Crippen LogP contribution is 2.45. The molecule has 1 amide bonds. The van der Waals surface area contributed by atoms with E-state index in [-0.39, 0.29) is 29.5 Å². The van der Waals surface area contributed by atoms with Crippen LogP contribution < -0.4 is 9.64 Å². The summed E-state index contributed by atoms with van der Waals surface area (Å²) in [6, 6.07) is 8.61. The second kappa shape index (κ2) is 10.0. The minimum atomic E-state index is -1.31. The molecule has 1 aliphatic heterocycles. The number of anilines is 1. The number of nitrogens with zero attached hydrogens (tertiary/aromatic N) is 4. The van der Waals surface area contributed by atoms with E-state index in [0.29, 0.717) is 21.4 Å². The van der Waals surface area contributed by atoms with Crippen molar-refractivity contribution in [3.05, 3.63) is 58.6 Å². The first-order chi connectivity index (χ1) is 15.9. The molecule has 6 nitrogen and oxygen atoms in total. The lowest BCUT2D eigenvalue weighted by atomic mass is 10.1. The third kappa shape index (κ3) is 4.65. The number of unbranched alkanes of at least 4 members (excludes halogenated alkanes) is 1. The van der Waals surface area contributed by atoms with Gasteiger partial charge in [0.25, 0.3) is 0 Å². The molecule has 0 radical (unpaired) electrons. The Labute approximate surface area is 199 Å². The lowest BCUT2D eigenvalue weighted by Gasteiger charge is -2.30. The third-order valence-electron chi connectivity index (χ3n) is 5.11. The quantitative estimate of drug-likeness (QED) is 0.303. The van der Waals surface area contributed by atoms with Crippen molar-refractivity contribution in [1.29, 1.82) is 0 Å². The number of fused-ring (bicyclic) bond motifs is 3. The van der Waals surface area contributed by atoms with Crippen molar-refractivity contribution in [2.24, 2.45) is 0 Å². The van der Waals surface area contributed by atoms with Gasteiger partial charge in [-0.15, -0.1) is 10.2 Å². The summed E-state index contributed by atoms with van der Waals surface area (Å²) in [5.41, 5.74) is 0.981.